The largest absolute Gasteiger partial charge is 0.369 e. The first-order valence-corrected chi connectivity index (χ1v) is 12.3. The normalized spacial score (nSPS) is 22.4. The van der Waals surface area contributed by atoms with Gasteiger partial charge in [0.05, 0.1) is 17.2 Å². The number of nitrogens with one attached hydrogen (secondary N) is 2. The number of rotatable bonds is 4. The average Bonchev–Trinajstić information content (AvgIpc) is 3.40. The van der Waals surface area contributed by atoms with Crippen LogP contribution < -0.4 is 10.6 Å². The predicted molar refractivity (Wildman–Crippen MR) is 133 cm³/mol. The number of hydrogen-bond acceptors (Lipinski definition) is 4. The van der Waals surface area contributed by atoms with E-state index in [1.807, 2.05) is 10.8 Å². The fourth-order valence-electron chi connectivity index (χ4n) is 5.93. The Hall–Kier alpha value is -3.06. The van der Waals surface area contributed by atoms with E-state index in [0.717, 1.165) is 61.2 Å². The van der Waals surface area contributed by atoms with Crippen molar-refractivity contribution in [2.45, 2.75) is 45.2 Å². The Morgan fingerprint density at radius 3 is 2.64 bits per heavy atom. The van der Waals surface area contributed by atoms with E-state index in [0.29, 0.717) is 5.92 Å². The molecule has 1 saturated heterocycles. The molecule has 3 aromatic heterocycles. The molecule has 1 aliphatic heterocycles. The van der Waals surface area contributed by atoms with Crippen molar-refractivity contribution in [1.29, 1.82) is 0 Å². The van der Waals surface area contributed by atoms with Crippen LogP contribution in [0.4, 0.5) is 5.69 Å². The molecule has 2 aliphatic rings. The quantitative estimate of drug-likeness (QED) is 0.493. The van der Waals surface area contributed by atoms with Crippen molar-refractivity contribution in [3.63, 3.8) is 0 Å². The molecule has 1 aliphatic carbocycles. The summed E-state index contributed by atoms with van der Waals surface area (Å²) in [4.78, 5) is 29.1. The molecule has 7 heteroatoms. The van der Waals surface area contributed by atoms with Crippen LogP contribution in [0.2, 0.25) is 0 Å². The summed E-state index contributed by atoms with van der Waals surface area (Å²) in [5.41, 5.74) is 5.28. The van der Waals surface area contributed by atoms with Gasteiger partial charge in [-0.1, -0.05) is 38.0 Å². The SMILES string of the molecule is C[C@@H]1CCCC[C@@H]1n1c(=O)[nH]c2cnc3[nH]cc(CN4CCN(c5ccccc5)CC4)c3c21. The molecule has 33 heavy (non-hydrogen) atoms. The first-order valence-electron chi connectivity index (χ1n) is 12.3. The second-order valence-corrected chi connectivity index (χ2v) is 9.79. The molecule has 0 bridgehead atoms. The molecule has 172 valence electrons. The summed E-state index contributed by atoms with van der Waals surface area (Å²) in [6, 6.07) is 10.9. The van der Waals surface area contributed by atoms with Crippen LogP contribution in [0.25, 0.3) is 22.1 Å². The smallest absolute Gasteiger partial charge is 0.326 e. The summed E-state index contributed by atoms with van der Waals surface area (Å²) in [7, 11) is 0. The molecule has 2 fully saturated rings. The van der Waals surface area contributed by atoms with E-state index in [1.54, 1.807) is 0 Å². The number of hydrogen-bond donors (Lipinski definition) is 2. The van der Waals surface area contributed by atoms with Gasteiger partial charge in [0, 0.05) is 56.0 Å². The highest BCUT2D eigenvalue weighted by molar-refractivity contribution is 6.03. The molecule has 0 spiro atoms. The lowest BCUT2D eigenvalue weighted by molar-refractivity contribution is 0.250. The fourth-order valence-corrected chi connectivity index (χ4v) is 5.93. The van der Waals surface area contributed by atoms with Gasteiger partial charge in [0.1, 0.15) is 5.65 Å². The number of anilines is 1. The number of pyridine rings is 1. The minimum atomic E-state index is 0.00155. The van der Waals surface area contributed by atoms with Crippen LogP contribution in [0.5, 0.6) is 0 Å². The monoisotopic (exact) mass is 444 g/mol. The predicted octanol–water partition coefficient (Wildman–Crippen LogP) is 4.28. The zero-order chi connectivity index (χ0) is 22.4. The molecule has 2 N–H and O–H groups in total. The average molecular weight is 445 g/mol. The van der Waals surface area contributed by atoms with Gasteiger partial charge in [-0.05, 0) is 36.5 Å². The molecular formula is C26H32N6O. The zero-order valence-corrected chi connectivity index (χ0v) is 19.3. The molecule has 1 aromatic carbocycles. The number of aromatic amines is 2. The second-order valence-electron chi connectivity index (χ2n) is 9.79. The van der Waals surface area contributed by atoms with Gasteiger partial charge in [0.2, 0.25) is 0 Å². The molecule has 4 heterocycles. The summed E-state index contributed by atoms with van der Waals surface area (Å²) in [6.45, 7) is 7.23. The van der Waals surface area contributed by atoms with Gasteiger partial charge in [-0.2, -0.15) is 0 Å². The van der Waals surface area contributed by atoms with Crippen LogP contribution in [0, 0.1) is 5.92 Å². The summed E-state index contributed by atoms with van der Waals surface area (Å²) < 4.78 is 2.05. The molecule has 2 atom stereocenters. The summed E-state index contributed by atoms with van der Waals surface area (Å²) >= 11 is 0. The lowest BCUT2D eigenvalue weighted by atomic mass is 9.85. The van der Waals surface area contributed by atoms with Gasteiger partial charge in [0.25, 0.3) is 0 Å². The van der Waals surface area contributed by atoms with E-state index in [4.69, 9.17) is 0 Å². The van der Waals surface area contributed by atoms with E-state index in [-0.39, 0.29) is 11.7 Å². The minimum absolute atomic E-state index is 0.00155. The third-order valence-corrected chi connectivity index (χ3v) is 7.74. The highest BCUT2D eigenvalue weighted by Gasteiger charge is 2.28. The van der Waals surface area contributed by atoms with Crippen molar-refractivity contribution < 1.29 is 0 Å². The van der Waals surface area contributed by atoms with Crippen molar-refractivity contribution >= 4 is 27.8 Å². The molecule has 0 unspecified atom stereocenters. The van der Waals surface area contributed by atoms with Crippen molar-refractivity contribution in [3.05, 3.63) is 58.8 Å². The standard InChI is InChI=1S/C26H32N6O/c1-18-7-5-6-10-22(18)32-24-21(29-26(32)33)16-28-25-23(24)19(15-27-25)17-30-11-13-31(14-12-30)20-8-3-2-4-9-20/h2-4,8-9,15-16,18,22H,5-7,10-14,17H2,1H3,(H,27,28)(H,29,33)/t18-,22+/m1/s1. The van der Waals surface area contributed by atoms with Gasteiger partial charge in [0.15, 0.2) is 0 Å². The van der Waals surface area contributed by atoms with E-state index < -0.39 is 0 Å². The van der Waals surface area contributed by atoms with E-state index in [2.05, 4.69) is 68.2 Å². The molecule has 0 amide bonds. The highest BCUT2D eigenvalue weighted by atomic mass is 16.1. The van der Waals surface area contributed by atoms with Gasteiger partial charge in [-0.3, -0.25) is 9.47 Å². The lowest BCUT2D eigenvalue weighted by Gasteiger charge is -2.36. The molecule has 7 nitrogen and oxygen atoms in total. The van der Waals surface area contributed by atoms with Crippen LogP contribution in [-0.4, -0.2) is 50.6 Å². The Morgan fingerprint density at radius 1 is 1.06 bits per heavy atom. The van der Waals surface area contributed by atoms with Crippen LogP contribution in [0.1, 0.15) is 44.2 Å². The second kappa shape index (κ2) is 8.37. The number of imidazole rings is 1. The molecule has 0 radical (unpaired) electrons. The Balaban J connectivity index is 1.32. The molecule has 1 saturated carbocycles. The summed E-state index contributed by atoms with van der Waals surface area (Å²) in [6.07, 6.45) is 8.60. The highest BCUT2D eigenvalue weighted by Crippen LogP contribution is 2.36. The Bertz CT molecular complexity index is 1310. The minimum Gasteiger partial charge on any atom is -0.369 e. The number of fused-ring (bicyclic) bond motifs is 3. The third-order valence-electron chi connectivity index (χ3n) is 7.74. The van der Waals surface area contributed by atoms with Gasteiger partial charge in [-0.25, -0.2) is 9.78 Å². The Kier molecular flexibility index (Phi) is 5.21. The third kappa shape index (κ3) is 3.64. The van der Waals surface area contributed by atoms with Gasteiger partial charge in [-0.15, -0.1) is 0 Å². The lowest BCUT2D eigenvalue weighted by Crippen LogP contribution is -2.45. The Labute approximate surface area is 193 Å². The molecular weight excluding hydrogens is 412 g/mol. The van der Waals surface area contributed by atoms with Crippen molar-refractivity contribution in [2.75, 3.05) is 31.1 Å². The number of aromatic nitrogens is 4. The number of H-pyrrole nitrogens is 2. The topological polar surface area (TPSA) is 72.9 Å². The van der Waals surface area contributed by atoms with Crippen molar-refractivity contribution in [1.82, 2.24) is 24.4 Å². The first-order chi connectivity index (χ1) is 16.2. The summed E-state index contributed by atoms with van der Waals surface area (Å²) in [5, 5.41) is 1.11. The van der Waals surface area contributed by atoms with Crippen LogP contribution in [0.15, 0.2) is 47.5 Å². The maximum absolute atomic E-state index is 13.1. The van der Waals surface area contributed by atoms with E-state index in [9.17, 15) is 4.79 Å². The van der Waals surface area contributed by atoms with E-state index in [1.165, 1.54) is 30.5 Å². The maximum Gasteiger partial charge on any atom is 0.326 e. The molecule has 6 rings (SSSR count). The fraction of sp³-hybridized carbons (Fsp3) is 0.462. The van der Waals surface area contributed by atoms with Crippen LogP contribution in [0.3, 0.4) is 0 Å². The maximum atomic E-state index is 13.1. The van der Waals surface area contributed by atoms with Crippen LogP contribution in [-0.2, 0) is 6.54 Å². The van der Waals surface area contributed by atoms with Crippen LogP contribution >= 0.6 is 0 Å². The molecule has 4 aromatic rings. The number of para-hydroxylation sites is 1. The number of benzene rings is 1. The number of piperazine rings is 1. The number of nitrogens with zero attached hydrogens (tertiary/aromatic N) is 4. The van der Waals surface area contributed by atoms with E-state index >= 15 is 0 Å². The first kappa shape index (κ1) is 20.5. The Morgan fingerprint density at radius 2 is 1.85 bits per heavy atom. The van der Waals surface area contributed by atoms with Crippen molar-refractivity contribution in [2.24, 2.45) is 5.92 Å². The zero-order valence-electron chi connectivity index (χ0n) is 19.3. The summed E-state index contributed by atoms with van der Waals surface area (Å²) in [5.74, 6) is 0.507. The van der Waals surface area contributed by atoms with Crippen molar-refractivity contribution in [3.8, 4) is 0 Å². The van der Waals surface area contributed by atoms with Gasteiger partial charge < -0.3 is 14.9 Å². The van der Waals surface area contributed by atoms with Gasteiger partial charge >= 0.3 is 5.69 Å².